The van der Waals surface area contributed by atoms with Crippen LogP contribution < -0.4 is 10.1 Å². The molecule has 0 fully saturated rings. The number of amides is 1. The van der Waals surface area contributed by atoms with Crippen LogP contribution in [0.3, 0.4) is 0 Å². The molecule has 8 heteroatoms. The highest BCUT2D eigenvalue weighted by Gasteiger charge is 2.22. The molecular formula is C20H21ClN2O4S. The Kier molecular flexibility index (Phi) is 7.80. The molecular weight excluding hydrogens is 400 g/mol. The van der Waals surface area contributed by atoms with Gasteiger partial charge in [0.1, 0.15) is 5.75 Å². The number of sulfonamides is 1. The first-order chi connectivity index (χ1) is 13.4. The van der Waals surface area contributed by atoms with E-state index in [0.717, 1.165) is 0 Å². The van der Waals surface area contributed by atoms with E-state index < -0.39 is 10.0 Å². The van der Waals surface area contributed by atoms with Gasteiger partial charge in [0.05, 0.1) is 4.90 Å². The number of nitrogens with zero attached hydrogens (tertiary/aromatic N) is 1. The minimum absolute atomic E-state index is 0.117. The molecule has 0 saturated heterocycles. The number of nitrogens with one attached hydrogen (secondary N) is 1. The van der Waals surface area contributed by atoms with E-state index in [9.17, 15) is 13.2 Å². The van der Waals surface area contributed by atoms with E-state index in [0.29, 0.717) is 16.5 Å². The Morgan fingerprint density at radius 3 is 2.14 bits per heavy atom. The van der Waals surface area contributed by atoms with Gasteiger partial charge in [-0.05, 0) is 48.5 Å². The molecule has 28 heavy (non-hydrogen) atoms. The lowest BCUT2D eigenvalue weighted by Crippen LogP contribution is -2.31. The Morgan fingerprint density at radius 1 is 1.04 bits per heavy atom. The first-order valence-electron chi connectivity index (χ1n) is 8.37. The van der Waals surface area contributed by atoms with E-state index in [4.69, 9.17) is 16.3 Å². The average molecular weight is 421 g/mol. The van der Waals surface area contributed by atoms with Gasteiger partial charge in [0.2, 0.25) is 10.0 Å². The summed E-state index contributed by atoms with van der Waals surface area (Å²) in [6, 6.07) is 12.6. The van der Waals surface area contributed by atoms with Crippen molar-refractivity contribution >= 4 is 33.2 Å². The third kappa shape index (κ3) is 5.95. The first-order valence-corrected chi connectivity index (χ1v) is 10.2. The van der Waals surface area contributed by atoms with Crippen molar-refractivity contribution in [3.05, 3.63) is 78.9 Å². The Morgan fingerprint density at radius 2 is 1.61 bits per heavy atom. The molecule has 2 aromatic rings. The lowest BCUT2D eigenvalue weighted by molar-refractivity contribution is -0.118. The summed E-state index contributed by atoms with van der Waals surface area (Å²) >= 11 is 5.79. The molecule has 2 aromatic carbocycles. The van der Waals surface area contributed by atoms with E-state index in [-0.39, 0.29) is 30.5 Å². The monoisotopic (exact) mass is 420 g/mol. The standard InChI is InChI=1S/C20H21ClN2O4S/c1-3-13-23(14-4-2)28(25,26)19-11-7-17(8-12-19)22-20(24)15-27-18-9-5-16(21)6-10-18/h3-12H,1-2,13-15H2,(H,22,24). The Bertz CT molecular complexity index is 916. The highest BCUT2D eigenvalue weighted by atomic mass is 35.5. The van der Waals surface area contributed by atoms with Gasteiger partial charge < -0.3 is 10.1 Å². The molecule has 0 bridgehead atoms. The van der Waals surface area contributed by atoms with Gasteiger partial charge in [0, 0.05) is 23.8 Å². The number of ether oxygens (including phenoxy) is 1. The SMILES string of the molecule is C=CCN(CC=C)S(=O)(=O)c1ccc(NC(=O)COc2ccc(Cl)cc2)cc1. The van der Waals surface area contributed by atoms with Crippen molar-refractivity contribution in [3.63, 3.8) is 0 Å². The summed E-state index contributed by atoms with van der Waals surface area (Å²) in [4.78, 5) is 12.1. The number of hydrogen-bond donors (Lipinski definition) is 1. The molecule has 0 unspecified atom stereocenters. The van der Waals surface area contributed by atoms with Gasteiger partial charge in [0.25, 0.3) is 5.91 Å². The zero-order chi connectivity index (χ0) is 20.6. The normalized spacial score (nSPS) is 11.1. The summed E-state index contributed by atoms with van der Waals surface area (Å²) in [5, 5.41) is 3.23. The van der Waals surface area contributed by atoms with Crippen LogP contribution >= 0.6 is 11.6 Å². The average Bonchev–Trinajstić information content (AvgIpc) is 2.68. The van der Waals surface area contributed by atoms with Crippen LogP contribution in [-0.2, 0) is 14.8 Å². The van der Waals surface area contributed by atoms with Crippen molar-refractivity contribution in [2.24, 2.45) is 0 Å². The van der Waals surface area contributed by atoms with Crippen LogP contribution in [-0.4, -0.2) is 38.3 Å². The number of anilines is 1. The number of hydrogen-bond acceptors (Lipinski definition) is 4. The van der Waals surface area contributed by atoms with Crippen LogP contribution in [0.1, 0.15) is 0 Å². The maximum Gasteiger partial charge on any atom is 0.262 e. The fourth-order valence-corrected chi connectivity index (χ4v) is 3.80. The fraction of sp³-hybridized carbons (Fsp3) is 0.150. The number of carbonyl (C=O) groups is 1. The van der Waals surface area contributed by atoms with Gasteiger partial charge in [-0.1, -0.05) is 23.8 Å². The van der Waals surface area contributed by atoms with Crippen LogP contribution in [0.25, 0.3) is 0 Å². The van der Waals surface area contributed by atoms with Crippen molar-refractivity contribution in [3.8, 4) is 5.75 Å². The molecule has 0 aliphatic carbocycles. The van der Waals surface area contributed by atoms with Crippen LogP contribution in [0.2, 0.25) is 5.02 Å². The Labute approximate surface area is 170 Å². The van der Waals surface area contributed by atoms with Crippen molar-refractivity contribution in [2.75, 3.05) is 25.0 Å². The Hall–Kier alpha value is -2.61. The van der Waals surface area contributed by atoms with Gasteiger partial charge in [-0.15, -0.1) is 13.2 Å². The zero-order valence-corrected chi connectivity index (χ0v) is 16.7. The molecule has 1 N–H and O–H groups in total. The Balaban J connectivity index is 1.99. The second kappa shape index (κ2) is 10.1. The minimum atomic E-state index is -3.68. The van der Waals surface area contributed by atoms with Crippen molar-refractivity contribution in [1.82, 2.24) is 4.31 Å². The molecule has 0 aliphatic rings. The first kappa shape index (κ1) is 21.7. The molecule has 0 atom stereocenters. The molecule has 1 amide bonds. The predicted molar refractivity (Wildman–Crippen MR) is 111 cm³/mol. The van der Waals surface area contributed by atoms with Crippen LogP contribution in [0.4, 0.5) is 5.69 Å². The van der Waals surface area contributed by atoms with Crippen molar-refractivity contribution in [2.45, 2.75) is 4.90 Å². The van der Waals surface area contributed by atoms with E-state index in [2.05, 4.69) is 18.5 Å². The van der Waals surface area contributed by atoms with Gasteiger partial charge >= 0.3 is 0 Å². The van der Waals surface area contributed by atoms with Crippen LogP contribution in [0.15, 0.2) is 78.7 Å². The van der Waals surface area contributed by atoms with Gasteiger partial charge in [-0.25, -0.2) is 8.42 Å². The number of carbonyl (C=O) groups excluding carboxylic acids is 1. The second-order valence-electron chi connectivity index (χ2n) is 5.71. The zero-order valence-electron chi connectivity index (χ0n) is 15.2. The molecule has 148 valence electrons. The molecule has 0 aliphatic heterocycles. The molecule has 0 heterocycles. The summed E-state index contributed by atoms with van der Waals surface area (Å²) < 4.78 is 31.9. The summed E-state index contributed by atoms with van der Waals surface area (Å²) in [6.07, 6.45) is 3.02. The predicted octanol–water partition coefficient (Wildman–Crippen LogP) is 3.72. The fourth-order valence-electron chi connectivity index (χ4n) is 2.29. The molecule has 0 aromatic heterocycles. The lowest BCUT2D eigenvalue weighted by Gasteiger charge is -2.19. The molecule has 0 spiro atoms. The van der Waals surface area contributed by atoms with E-state index in [1.807, 2.05) is 0 Å². The maximum absolute atomic E-state index is 12.6. The van der Waals surface area contributed by atoms with Gasteiger partial charge in [-0.3, -0.25) is 4.79 Å². The maximum atomic E-state index is 12.6. The van der Waals surface area contributed by atoms with Gasteiger partial charge in [0.15, 0.2) is 6.61 Å². The summed E-state index contributed by atoms with van der Waals surface area (Å²) in [7, 11) is -3.68. The van der Waals surface area contributed by atoms with E-state index in [1.165, 1.54) is 40.7 Å². The smallest absolute Gasteiger partial charge is 0.262 e. The van der Waals surface area contributed by atoms with E-state index in [1.54, 1.807) is 24.3 Å². The second-order valence-corrected chi connectivity index (χ2v) is 8.09. The minimum Gasteiger partial charge on any atom is -0.484 e. The highest BCUT2D eigenvalue weighted by molar-refractivity contribution is 7.89. The molecule has 0 radical (unpaired) electrons. The largest absolute Gasteiger partial charge is 0.484 e. The third-order valence-electron chi connectivity index (χ3n) is 3.62. The van der Waals surface area contributed by atoms with Gasteiger partial charge in [-0.2, -0.15) is 4.31 Å². The topological polar surface area (TPSA) is 75.7 Å². The van der Waals surface area contributed by atoms with E-state index >= 15 is 0 Å². The molecule has 2 rings (SSSR count). The van der Waals surface area contributed by atoms with Crippen LogP contribution in [0.5, 0.6) is 5.75 Å². The lowest BCUT2D eigenvalue weighted by atomic mass is 10.3. The summed E-state index contributed by atoms with van der Waals surface area (Å²) in [6.45, 7) is 7.31. The third-order valence-corrected chi connectivity index (χ3v) is 5.72. The summed E-state index contributed by atoms with van der Waals surface area (Å²) in [5.74, 6) is 0.149. The summed E-state index contributed by atoms with van der Waals surface area (Å²) in [5.41, 5.74) is 0.461. The molecule has 0 saturated carbocycles. The van der Waals surface area contributed by atoms with Crippen molar-refractivity contribution < 1.29 is 17.9 Å². The number of halogens is 1. The number of rotatable bonds is 10. The molecule has 6 nitrogen and oxygen atoms in total. The van der Waals surface area contributed by atoms with Crippen LogP contribution in [0, 0.1) is 0 Å². The highest BCUT2D eigenvalue weighted by Crippen LogP contribution is 2.19. The quantitative estimate of drug-likeness (QED) is 0.594. The number of benzene rings is 2. The van der Waals surface area contributed by atoms with Crippen molar-refractivity contribution in [1.29, 1.82) is 0 Å².